The van der Waals surface area contributed by atoms with E-state index in [1.165, 1.54) is 20.2 Å². The van der Waals surface area contributed by atoms with Gasteiger partial charge in [-0.2, -0.15) is 0 Å². The molecular formula is C14H19N3O4. The molecule has 0 bridgehead atoms. The van der Waals surface area contributed by atoms with Crippen molar-refractivity contribution >= 4 is 17.8 Å². The second kappa shape index (κ2) is 4.91. The topological polar surface area (TPSA) is 70.2 Å². The number of amides is 4. The highest BCUT2D eigenvalue weighted by Crippen LogP contribution is 2.27. The van der Waals surface area contributed by atoms with Crippen molar-refractivity contribution in [3.8, 4) is 0 Å². The molecule has 0 aromatic carbocycles. The molecule has 2 rings (SSSR count). The Morgan fingerprint density at radius 2 is 1.52 bits per heavy atom. The zero-order valence-corrected chi connectivity index (χ0v) is 12.8. The van der Waals surface area contributed by atoms with Crippen LogP contribution in [0.2, 0.25) is 0 Å². The minimum absolute atomic E-state index is 0.0613. The molecule has 2 saturated heterocycles. The van der Waals surface area contributed by atoms with E-state index in [4.69, 9.17) is 4.74 Å². The van der Waals surface area contributed by atoms with Crippen molar-refractivity contribution in [3.63, 3.8) is 0 Å². The fourth-order valence-electron chi connectivity index (χ4n) is 2.05. The van der Waals surface area contributed by atoms with Crippen LogP contribution in [0.4, 0.5) is 4.79 Å². The molecule has 0 aliphatic carbocycles. The minimum Gasteiger partial charge on any atom is -0.477 e. The molecule has 2 aliphatic rings. The zero-order chi connectivity index (χ0) is 15.9. The Morgan fingerprint density at radius 1 is 1.00 bits per heavy atom. The van der Waals surface area contributed by atoms with E-state index in [0.717, 1.165) is 9.80 Å². The molecule has 0 radical (unpaired) electrons. The van der Waals surface area contributed by atoms with Gasteiger partial charge in [-0.3, -0.25) is 19.4 Å². The molecular weight excluding hydrogens is 274 g/mol. The van der Waals surface area contributed by atoms with Gasteiger partial charge in [0.15, 0.2) is 5.88 Å². The van der Waals surface area contributed by atoms with Gasteiger partial charge in [-0.25, -0.2) is 4.79 Å². The normalized spacial score (nSPS) is 24.0. The van der Waals surface area contributed by atoms with Gasteiger partial charge in [-0.1, -0.05) is 0 Å². The van der Waals surface area contributed by atoms with Crippen molar-refractivity contribution in [3.05, 3.63) is 23.6 Å². The SMILES string of the molecule is CN1C(=O)C(=C/C=C2/OCC(C)(C)N2C)C(=O)N(C)C1=O. The number of hydrogen-bond acceptors (Lipinski definition) is 5. The Kier molecular flexibility index (Phi) is 3.52. The van der Waals surface area contributed by atoms with Crippen molar-refractivity contribution in [1.82, 2.24) is 14.7 Å². The Balaban J connectivity index is 2.31. The molecule has 7 heteroatoms. The lowest BCUT2D eigenvalue weighted by molar-refractivity contribution is -0.134. The summed E-state index contributed by atoms with van der Waals surface area (Å²) in [6.07, 6.45) is 2.98. The molecule has 4 amide bonds. The molecule has 0 spiro atoms. The smallest absolute Gasteiger partial charge is 0.333 e. The van der Waals surface area contributed by atoms with E-state index in [1.54, 1.807) is 6.08 Å². The third-order valence-corrected chi connectivity index (χ3v) is 3.85. The number of imide groups is 2. The van der Waals surface area contributed by atoms with E-state index < -0.39 is 17.8 Å². The number of allylic oxidation sites excluding steroid dienone is 2. The lowest BCUT2D eigenvalue weighted by Gasteiger charge is -2.28. The number of carbonyl (C=O) groups excluding carboxylic acids is 3. The maximum absolute atomic E-state index is 12.0. The van der Waals surface area contributed by atoms with Gasteiger partial charge in [0.25, 0.3) is 11.8 Å². The standard InChI is InChI=1S/C14H19N3O4/c1-14(2)8-21-10(17(14)5)7-6-9-11(18)15(3)13(20)16(4)12(9)19/h6-7H,8H2,1-5H3/b10-7+. The molecule has 0 N–H and O–H groups in total. The molecule has 0 atom stereocenters. The molecule has 2 heterocycles. The third kappa shape index (κ3) is 2.39. The number of barbiturate groups is 1. The summed E-state index contributed by atoms with van der Waals surface area (Å²) in [7, 11) is 4.56. The predicted molar refractivity (Wildman–Crippen MR) is 74.9 cm³/mol. The molecule has 2 aliphatic heterocycles. The molecule has 21 heavy (non-hydrogen) atoms. The minimum atomic E-state index is -0.634. The van der Waals surface area contributed by atoms with Crippen LogP contribution < -0.4 is 0 Å². The summed E-state index contributed by atoms with van der Waals surface area (Å²) in [5.74, 6) is -0.643. The van der Waals surface area contributed by atoms with Crippen LogP contribution in [-0.4, -0.2) is 65.8 Å². The monoisotopic (exact) mass is 293 g/mol. The maximum Gasteiger partial charge on any atom is 0.333 e. The highest BCUT2D eigenvalue weighted by Gasteiger charge is 2.38. The average Bonchev–Trinajstić information content (AvgIpc) is 2.69. The van der Waals surface area contributed by atoms with Gasteiger partial charge in [0.1, 0.15) is 12.2 Å². The summed E-state index contributed by atoms with van der Waals surface area (Å²) < 4.78 is 5.54. The van der Waals surface area contributed by atoms with E-state index in [-0.39, 0.29) is 11.1 Å². The van der Waals surface area contributed by atoms with Gasteiger partial charge in [-0.15, -0.1) is 0 Å². The first-order valence-electron chi connectivity index (χ1n) is 6.55. The van der Waals surface area contributed by atoms with Crippen LogP contribution in [0.15, 0.2) is 23.6 Å². The molecule has 2 fully saturated rings. The van der Waals surface area contributed by atoms with Gasteiger partial charge < -0.3 is 9.64 Å². The van der Waals surface area contributed by atoms with Gasteiger partial charge in [0.05, 0.1) is 5.54 Å². The Bertz CT molecular complexity index is 551. The van der Waals surface area contributed by atoms with Crippen molar-refractivity contribution in [2.75, 3.05) is 27.7 Å². The van der Waals surface area contributed by atoms with Gasteiger partial charge in [0, 0.05) is 21.1 Å². The third-order valence-electron chi connectivity index (χ3n) is 3.85. The van der Waals surface area contributed by atoms with E-state index in [2.05, 4.69) is 0 Å². The molecule has 0 aromatic rings. The van der Waals surface area contributed by atoms with Crippen LogP contribution in [0, 0.1) is 0 Å². The first kappa shape index (κ1) is 15.1. The van der Waals surface area contributed by atoms with Gasteiger partial charge >= 0.3 is 6.03 Å². The average molecular weight is 293 g/mol. The van der Waals surface area contributed by atoms with Crippen LogP contribution in [-0.2, 0) is 14.3 Å². The lowest BCUT2D eigenvalue weighted by atomic mass is 10.1. The fraction of sp³-hybridized carbons (Fsp3) is 0.500. The van der Waals surface area contributed by atoms with E-state index >= 15 is 0 Å². The molecule has 7 nitrogen and oxygen atoms in total. The van der Waals surface area contributed by atoms with Crippen molar-refractivity contribution in [1.29, 1.82) is 0 Å². The number of urea groups is 1. The summed E-state index contributed by atoms with van der Waals surface area (Å²) in [5, 5.41) is 0. The number of rotatable bonds is 1. The second-order valence-corrected chi connectivity index (χ2v) is 5.76. The highest BCUT2D eigenvalue weighted by molar-refractivity contribution is 6.28. The Labute approximate surface area is 123 Å². The van der Waals surface area contributed by atoms with Crippen LogP contribution in [0.5, 0.6) is 0 Å². The summed E-state index contributed by atoms with van der Waals surface area (Å²) in [5.41, 5.74) is -0.206. The number of hydrogen-bond donors (Lipinski definition) is 0. The van der Waals surface area contributed by atoms with Crippen molar-refractivity contribution < 1.29 is 19.1 Å². The number of ether oxygens (including phenoxy) is 1. The number of carbonyl (C=O) groups is 3. The molecule has 114 valence electrons. The van der Waals surface area contributed by atoms with Crippen LogP contribution >= 0.6 is 0 Å². The first-order valence-corrected chi connectivity index (χ1v) is 6.55. The summed E-state index contributed by atoms with van der Waals surface area (Å²) in [6, 6.07) is -0.634. The zero-order valence-electron chi connectivity index (χ0n) is 12.8. The van der Waals surface area contributed by atoms with Gasteiger partial charge in [0.2, 0.25) is 0 Å². The van der Waals surface area contributed by atoms with Crippen LogP contribution in [0.1, 0.15) is 13.8 Å². The number of likely N-dealkylation sites (N-methyl/N-ethyl adjacent to an activating group) is 3. The predicted octanol–water partition coefficient (Wildman–Crippen LogP) is 0.545. The summed E-state index contributed by atoms with van der Waals surface area (Å²) in [6.45, 7) is 4.58. The van der Waals surface area contributed by atoms with Crippen LogP contribution in [0.25, 0.3) is 0 Å². The van der Waals surface area contributed by atoms with Gasteiger partial charge in [-0.05, 0) is 26.0 Å². The van der Waals surface area contributed by atoms with Crippen molar-refractivity contribution in [2.45, 2.75) is 19.4 Å². The van der Waals surface area contributed by atoms with E-state index in [1.807, 2.05) is 25.8 Å². The Morgan fingerprint density at radius 3 is 1.95 bits per heavy atom. The van der Waals surface area contributed by atoms with E-state index in [0.29, 0.717) is 12.5 Å². The quantitative estimate of drug-likeness (QED) is 0.521. The fourth-order valence-corrected chi connectivity index (χ4v) is 2.05. The largest absolute Gasteiger partial charge is 0.477 e. The van der Waals surface area contributed by atoms with Crippen LogP contribution in [0.3, 0.4) is 0 Å². The second-order valence-electron chi connectivity index (χ2n) is 5.76. The van der Waals surface area contributed by atoms with Crippen molar-refractivity contribution in [2.24, 2.45) is 0 Å². The Hall–Kier alpha value is -2.31. The summed E-state index contributed by atoms with van der Waals surface area (Å²) >= 11 is 0. The summed E-state index contributed by atoms with van der Waals surface area (Å²) in [4.78, 5) is 39.4. The van der Waals surface area contributed by atoms with E-state index in [9.17, 15) is 14.4 Å². The molecule has 0 unspecified atom stereocenters. The highest BCUT2D eigenvalue weighted by atomic mass is 16.5. The maximum atomic E-state index is 12.0. The molecule has 0 aromatic heterocycles. The molecule has 0 saturated carbocycles. The lowest BCUT2D eigenvalue weighted by Crippen LogP contribution is -2.53. The number of nitrogens with zero attached hydrogens (tertiary/aromatic N) is 3. The first-order chi connectivity index (χ1) is 9.66.